The minimum atomic E-state index is 0.196. The van der Waals surface area contributed by atoms with Crippen molar-refractivity contribution in [3.05, 3.63) is 35.5 Å². The molecule has 1 aliphatic heterocycles. The summed E-state index contributed by atoms with van der Waals surface area (Å²) in [5, 5.41) is 5.30. The van der Waals surface area contributed by atoms with Crippen LogP contribution in [-0.2, 0) is 11.3 Å². The molecule has 1 aliphatic rings. The molecule has 1 saturated heterocycles. The van der Waals surface area contributed by atoms with Crippen LogP contribution in [0.5, 0.6) is 5.75 Å². The van der Waals surface area contributed by atoms with Gasteiger partial charge in [0.05, 0.1) is 32.6 Å². The van der Waals surface area contributed by atoms with Crippen molar-refractivity contribution in [3.8, 4) is 17.0 Å². The van der Waals surface area contributed by atoms with Crippen molar-refractivity contribution in [1.29, 1.82) is 0 Å². The molecule has 0 atom stereocenters. The second kappa shape index (κ2) is 5.11. The fourth-order valence-electron chi connectivity index (χ4n) is 2.41. The maximum absolute atomic E-state index is 6.06. The van der Waals surface area contributed by atoms with Gasteiger partial charge in [0.2, 0.25) is 0 Å². The van der Waals surface area contributed by atoms with Gasteiger partial charge in [0.25, 0.3) is 0 Å². The third-order valence-corrected chi connectivity index (χ3v) is 3.76. The van der Waals surface area contributed by atoms with E-state index in [1.807, 2.05) is 35.1 Å². The smallest absolute Gasteiger partial charge is 0.128 e. The number of halogens is 1. The number of rotatable bonds is 4. The maximum atomic E-state index is 6.06. The second-order valence-electron chi connectivity index (χ2n) is 5.55. The molecule has 1 aromatic carbocycles. The van der Waals surface area contributed by atoms with E-state index in [9.17, 15) is 0 Å². The average molecular weight is 293 g/mol. The van der Waals surface area contributed by atoms with Gasteiger partial charge in [-0.15, -0.1) is 0 Å². The standard InChI is InChI=1S/C15H17ClN2O2/c1-15(9-20-10-15)8-18-6-5-13(17-18)12-7-11(16)3-4-14(12)19-2/h3-7H,8-10H2,1-2H3. The number of ether oxygens (including phenoxy) is 2. The van der Waals surface area contributed by atoms with Gasteiger partial charge >= 0.3 is 0 Å². The third kappa shape index (κ3) is 2.53. The maximum Gasteiger partial charge on any atom is 0.128 e. The average Bonchev–Trinajstić information content (AvgIpc) is 2.85. The summed E-state index contributed by atoms with van der Waals surface area (Å²) >= 11 is 6.06. The van der Waals surface area contributed by atoms with Crippen molar-refractivity contribution in [1.82, 2.24) is 9.78 Å². The monoisotopic (exact) mass is 292 g/mol. The van der Waals surface area contributed by atoms with E-state index in [2.05, 4.69) is 12.0 Å². The van der Waals surface area contributed by atoms with Crippen LogP contribution in [0.3, 0.4) is 0 Å². The molecular formula is C15H17ClN2O2. The van der Waals surface area contributed by atoms with Crippen molar-refractivity contribution in [3.63, 3.8) is 0 Å². The molecule has 106 valence electrons. The molecule has 0 radical (unpaired) electrons. The molecule has 0 N–H and O–H groups in total. The zero-order chi connectivity index (χ0) is 14.2. The summed E-state index contributed by atoms with van der Waals surface area (Å²) in [7, 11) is 1.65. The highest BCUT2D eigenvalue weighted by atomic mass is 35.5. The van der Waals surface area contributed by atoms with Crippen LogP contribution in [0.15, 0.2) is 30.5 Å². The molecule has 0 bridgehead atoms. The van der Waals surface area contributed by atoms with E-state index in [4.69, 9.17) is 21.1 Å². The molecule has 3 rings (SSSR count). The van der Waals surface area contributed by atoms with Crippen molar-refractivity contribution in [2.45, 2.75) is 13.5 Å². The van der Waals surface area contributed by atoms with Gasteiger partial charge in [-0.3, -0.25) is 4.68 Å². The van der Waals surface area contributed by atoms with E-state index >= 15 is 0 Å². The number of hydrogen-bond donors (Lipinski definition) is 0. The van der Waals surface area contributed by atoms with E-state index in [0.29, 0.717) is 5.02 Å². The Bertz CT molecular complexity index is 620. The van der Waals surface area contributed by atoms with Crippen LogP contribution in [0.2, 0.25) is 5.02 Å². The Hall–Kier alpha value is -1.52. The largest absolute Gasteiger partial charge is 0.496 e. The molecule has 20 heavy (non-hydrogen) atoms. The third-order valence-electron chi connectivity index (χ3n) is 3.52. The van der Waals surface area contributed by atoms with Crippen molar-refractivity contribution in [2.24, 2.45) is 5.41 Å². The Balaban J connectivity index is 1.88. The SMILES string of the molecule is COc1ccc(Cl)cc1-c1ccn(CC2(C)COC2)n1. The fraction of sp³-hybridized carbons (Fsp3) is 0.400. The molecule has 2 aromatic rings. The Morgan fingerprint density at radius 1 is 1.40 bits per heavy atom. The molecule has 4 nitrogen and oxygen atoms in total. The molecule has 1 aromatic heterocycles. The molecule has 2 heterocycles. The molecule has 0 unspecified atom stereocenters. The fourth-order valence-corrected chi connectivity index (χ4v) is 2.58. The van der Waals surface area contributed by atoms with Crippen LogP contribution in [0.4, 0.5) is 0 Å². The summed E-state index contributed by atoms with van der Waals surface area (Å²) in [4.78, 5) is 0. The van der Waals surface area contributed by atoms with Crippen LogP contribution in [0.1, 0.15) is 6.92 Å². The van der Waals surface area contributed by atoms with Gasteiger partial charge in [0.1, 0.15) is 5.75 Å². The summed E-state index contributed by atoms with van der Waals surface area (Å²) in [5.74, 6) is 0.776. The first kappa shape index (κ1) is 13.5. The first-order valence-electron chi connectivity index (χ1n) is 6.55. The number of hydrogen-bond acceptors (Lipinski definition) is 3. The lowest BCUT2D eigenvalue weighted by molar-refractivity contribution is -0.111. The van der Waals surface area contributed by atoms with Gasteiger partial charge in [-0.25, -0.2) is 0 Å². The predicted molar refractivity (Wildman–Crippen MR) is 78.2 cm³/mol. The number of nitrogens with zero attached hydrogens (tertiary/aromatic N) is 2. The summed E-state index contributed by atoms with van der Waals surface area (Å²) in [6.45, 7) is 4.65. The van der Waals surface area contributed by atoms with Crippen molar-refractivity contribution < 1.29 is 9.47 Å². The zero-order valence-corrected chi connectivity index (χ0v) is 12.4. The molecule has 1 fully saturated rings. The number of methoxy groups -OCH3 is 1. The Morgan fingerprint density at radius 2 is 2.20 bits per heavy atom. The Morgan fingerprint density at radius 3 is 2.85 bits per heavy atom. The van der Waals surface area contributed by atoms with Gasteiger partial charge in [0.15, 0.2) is 0 Å². The van der Waals surface area contributed by atoms with E-state index in [0.717, 1.165) is 36.8 Å². The van der Waals surface area contributed by atoms with E-state index in [1.54, 1.807) is 7.11 Å². The molecule has 5 heteroatoms. The quantitative estimate of drug-likeness (QED) is 0.868. The van der Waals surface area contributed by atoms with Gasteiger partial charge in [-0.2, -0.15) is 5.10 Å². The van der Waals surface area contributed by atoms with Crippen LogP contribution < -0.4 is 4.74 Å². The van der Waals surface area contributed by atoms with Crippen molar-refractivity contribution in [2.75, 3.05) is 20.3 Å². The minimum Gasteiger partial charge on any atom is -0.496 e. The number of aromatic nitrogens is 2. The Kier molecular flexibility index (Phi) is 3.44. The van der Waals surface area contributed by atoms with Crippen LogP contribution in [-0.4, -0.2) is 30.1 Å². The molecular weight excluding hydrogens is 276 g/mol. The lowest BCUT2D eigenvalue weighted by Crippen LogP contribution is -2.43. The Labute approximate surface area is 123 Å². The molecule has 0 spiro atoms. The summed E-state index contributed by atoms with van der Waals surface area (Å²) < 4.78 is 12.6. The zero-order valence-electron chi connectivity index (χ0n) is 11.6. The minimum absolute atomic E-state index is 0.196. The van der Waals surface area contributed by atoms with Gasteiger partial charge in [0, 0.05) is 22.2 Å². The first-order valence-corrected chi connectivity index (χ1v) is 6.93. The van der Waals surface area contributed by atoms with Gasteiger partial charge < -0.3 is 9.47 Å². The summed E-state index contributed by atoms with van der Waals surface area (Å²) in [5.41, 5.74) is 1.98. The van der Waals surface area contributed by atoms with Gasteiger partial charge in [-0.05, 0) is 24.3 Å². The van der Waals surface area contributed by atoms with Crippen LogP contribution in [0.25, 0.3) is 11.3 Å². The van der Waals surface area contributed by atoms with E-state index < -0.39 is 0 Å². The highest BCUT2D eigenvalue weighted by Crippen LogP contribution is 2.32. The summed E-state index contributed by atoms with van der Waals surface area (Å²) in [6.07, 6.45) is 1.99. The normalized spacial score (nSPS) is 16.8. The lowest BCUT2D eigenvalue weighted by atomic mass is 9.89. The van der Waals surface area contributed by atoms with E-state index in [1.165, 1.54) is 0 Å². The molecule has 0 aliphatic carbocycles. The summed E-state index contributed by atoms with van der Waals surface area (Å²) in [6, 6.07) is 7.53. The highest BCUT2D eigenvalue weighted by molar-refractivity contribution is 6.30. The van der Waals surface area contributed by atoms with Crippen molar-refractivity contribution >= 4 is 11.6 Å². The molecule has 0 amide bonds. The number of benzene rings is 1. The molecule has 0 saturated carbocycles. The van der Waals surface area contributed by atoms with Crippen LogP contribution >= 0.6 is 11.6 Å². The van der Waals surface area contributed by atoms with Crippen LogP contribution in [0, 0.1) is 5.41 Å². The first-order chi connectivity index (χ1) is 9.59. The second-order valence-corrected chi connectivity index (χ2v) is 5.98. The lowest BCUT2D eigenvalue weighted by Gasteiger charge is -2.37. The van der Waals surface area contributed by atoms with Gasteiger partial charge in [-0.1, -0.05) is 18.5 Å². The predicted octanol–water partition coefficient (Wildman–Crippen LogP) is 3.25. The van der Waals surface area contributed by atoms with E-state index in [-0.39, 0.29) is 5.41 Å². The highest BCUT2D eigenvalue weighted by Gasteiger charge is 2.34. The topological polar surface area (TPSA) is 36.3 Å².